The van der Waals surface area contributed by atoms with Crippen molar-refractivity contribution in [2.45, 2.75) is 16.7 Å². The van der Waals surface area contributed by atoms with Crippen molar-refractivity contribution in [1.29, 1.82) is 0 Å². The first-order chi connectivity index (χ1) is 10.3. The third-order valence-corrected chi connectivity index (χ3v) is 4.87. The molecule has 0 aliphatic heterocycles. The van der Waals surface area contributed by atoms with Crippen molar-refractivity contribution >= 4 is 15.8 Å². The molecule has 2 N–H and O–H groups in total. The Kier molecular flexibility index (Phi) is 4.09. The van der Waals surface area contributed by atoms with Crippen molar-refractivity contribution in [2.24, 2.45) is 0 Å². The van der Waals surface area contributed by atoms with Gasteiger partial charge < -0.3 is 14.9 Å². The van der Waals surface area contributed by atoms with Crippen molar-refractivity contribution in [3.63, 3.8) is 0 Å². The van der Waals surface area contributed by atoms with E-state index in [1.54, 1.807) is 19.1 Å². The molecular weight excluding hydrogens is 308 g/mol. The molecule has 0 saturated carbocycles. The molecule has 0 aliphatic carbocycles. The van der Waals surface area contributed by atoms with E-state index < -0.39 is 37.8 Å². The van der Waals surface area contributed by atoms with Gasteiger partial charge in [-0.1, -0.05) is 17.7 Å². The second-order valence-corrected chi connectivity index (χ2v) is 6.57. The minimum absolute atomic E-state index is 0.0604. The minimum atomic E-state index is -4.09. The second-order valence-electron chi connectivity index (χ2n) is 4.65. The smallest absolute Gasteiger partial charge is 0.341 e. The summed E-state index contributed by atoms with van der Waals surface area (Å²) in [5.74, 6) is -2.18. The highest BCUT2D eigenvalue weighted by Crippen LogP contribution is 2.35. The number of phenolic OH excluding ortho intramolecular Hbond substituents is 2. The summed E-state index contributed by atoms with van der Waals surface area (Å²) in [6.07, 6.45) is 0. The molecule has 7 heteroatoms. The zero-order valence-electron chi connectivity index (χ0n) is 11.9. The number of esters is 1. The van der Waals surface area contributed by atoms with E-state index in [1.165, 1.54) is 12.1 Å². The SMILES string of the molecule is COC(=O)c1cc(O)cc(S(=O)(=O)c2ccc(C)cc2)c1O. The molecule has 0 aromatic heterocycles. The highest BCUT2D eigenvalue weighted by Gasteiger charge is 2.27. The molecule has 0 heterocycles. The largest absolute Gasteiger partial charge is 0.508 e. The van der Waals surface area contributed by atoms with Crippen LogP contribution in [0.15, 0.2) is 46.2 Å². The van der Waals surface area contributed by atoms with Crippen LogP contribution in [0, 0.1) is 6.92 Å². The summed E-state index contributed by atoms with van der Waals surface area (Å²) in [7, 11) is -3.01. The fourth-order valence-electron chi connectivity index (χ4n) is 1.91. The number of benzene rings is 2. The van der Waals surface area contributed by atoms with Crippen molar-refractivity contribution in [3.05, 3.63) is 47.5 Å². The lowest BCUT2D eigenvalue weighted by atomic mass is 10.2. The molecule has 0 aliphatic rings. The molecule has 6 nitrogen and oxygen atoms in total. The maximum absolute atomic E-state index is 12.6. The molecule has 0 radical (unpaired) electrons. The summed E-state index contributed by atoms with van der Waals surface area (Å²) < 4.78 is 29.6. The van der Waals surface area contributed by atoms with Gasteiger partial charge >= 0.3 is 5.97 Å². The normalized spacial score (nSPS) is 11.2. The topological polar surface area (TPSA) is 101 Å². The molecule has 116 valence electrons. The molecule has 0 atom stereocenters. The van der Waals surface area contributed by atoms with Gasteiger partial charge in [-0.05, 0) is 25.1 Å². The Morgan fingerprint density at radius 1 is 1.09 bits per heavy atom. The molecule has 22 heavy (non-hydrogen) atoms. The molecule has 0 spiro atoms. The van der Waals surface area contributed by atoms with Crippen LogP contribution >= 0.6 is 0 Å². The fourth-order valence-corrected chi connectivity index (χ4v) is 3.30. The number of methoxy groups -OCH3 is 1. The zero-order chi connectivity index (χ0) is 16.5. The fraction of sp³-hybridized carbons (Fsp3) is 0.133. The first-order valence-corrected chi connectivity index (χ1v) is 7.71. The van der Waals surface area contributed by atoms with E-state index in [0.717, 1.165) is 24.8 Å². The van der Waals surface area contributed by atoms with Crippen LogP contribution in [0.5, 0.6) is 11.5 Å². The summed E-state index contributed by atoms with van der Waals surface area (Å²) >= 11 is 0. The van der Waals surface area contributed by atoms with Gasteiger partial charge in [0.25, 0.3) is 0 Å². The van der Waals surface area contributed by atoms with E-state index in [2.05, 4.69) is 4.74 Å². The average molecular weight is 322 g/mol. The predicted molar refractivity (Wildman–Crippen MR) is 77.7 cm³/mol. The number of aromatic hydroxyl groups is 2. The van der Waals surface area contributed by atoms with Gasteiger partial charge in [0.05, 0.1) is 12.0 Å². The van der Waals surface area contributed by atoms with Gasteiger partial charge in [-0.3, -0.25) is 0 Å². The quantitative estimate of drug-likeness (QED) is 0.662. The first-order valence-electron chi connectivity index (χ1n) is 6.23. The summed E-state index contributed by atoms with van der Waals surface area (Å²) in [6, 6.07) is 7.80. The molecule has 0 fully saturated rings. The molecule has 2 rings (SSSR count). The predicted octanol–water partition coefficient (Wildman–Crippen LogP) is 2.03. The summed E-state index contributed by atoms with van der Waals surface area (Å²) in [4.78, 5) is 10.9. The van der Waals surface area contributed by atoms with Crippen LogP contribution < -0.4 is 0 Å². The third kappa shape index (κ3) is 2.75. The van der Waals surface area contributed by atoms with Gasteiger partial charge in [0.15, 0.2) is 0 Å². The van der Waals surface area contributed by atoms with E-state index in [1.807, 2.05) is 0 Å². The van der Waals surface area contributed by atoms with Crippen molar-refractivity contribution in [1.82, 2.24) is 0 Å². The van der Waals surface area contributed by atoms with E-state index >= 15 is 0 Å². The zero-order valence-corrected chi connectivity index (χ0v) is 12.7. The molecule has 0 bridgehead atoms. The molecule has 0 amide bonds. The van der Waals surface area contributed by atoms with E-state index in [0.29, 0.717) is 0 Å². The number of aryl methyl sites for hydroxylation is 1. The number of hydrogen-bond acceptors (Lipinski definition) is 6. The number of phenols is 2. The number of carbonyl (C=O) groups is 1. The Morgan fingerprint density at radius 3 is 2.23 bits per heavy atom. The number of ether oxygens (including phenoxy) is 1. The van der Waals surface area contributed by atoms with Crippen molar-refractivity contribution < 1.29 is 28.2 Å². The highest BCUT2D eigenvalue weighted by molar-refractivity contribution is 7.91. The Bertz CT molecular complexity index is 822. The average Bonchev–Trinajstić information content (AvgIpc) is 2.48. The van der Waals surface area contributed by atoms with Crippen LogP contribution in [0.2, 0.25) is 0 Å². The van der Waals surface area contributed by atoms with E-state index in [4.69, 9.17) is 0 Å². The molecule has 0 saturated heterocycles. The van der Waals surface area contributed by atoms with Crippen LogP contribution in [0.3, 0.4) is 0 Å². The molecule has 2 aromatic carbocycles. The summed E-state index contributed by atoms with van der Waals surface area (Å²) in [6.45, 7) is 1.80. The van der Waals surface area contributed by atoms with E-state index in [-0.39, 0.29) is 4.90 Å². The van der Waals surface area contributed by atoms with Crippen LogP contribution in [-0.2, 0) is 14.6 Å². The Morgan fingerprint density at radius 2 is 1.68 bits per heavy atom. The third-order valence-electron chi connectivity index (χ3n) is 3.09. The summed E-state index contributed by atoms with van der Waals surface area (Å²) in [5, 5.41) is 19.7. The van der Waals surface area contributed by atoms with Crippen LogP contribution in [-0.4, -0.2) is 31.7 Å². The highest BCUT2D eigenvalue weighted by atomic mass is 32.2. The van der Waals surface area contributed by atoms with Crippen molar-refractivity contribution in [3.8, 4) is 11.5 Å². The maximum atomic E-state index is 12.6. The summed E-state index contributed by atoms with van der Waals surface area (Å²) in [5.41, 5.74) is 0.447. The molecule has 0 unspecified atom stereocenters. The van der Waals surface area contributed by atoms with Gasteiger partial charge in [0.2, 0.25) is 9.84 Å². The van der Waals surface area contributed by atoms with Gasteiger partial charge in [-0.15, -0.1) is 0 Å². The lowest BCUT2D eigenvalue weighted by molar-refractivity contribution is 0.0596. The maximum Gasteiger partial charge on any atom is 0.341 e. The number of carbonyl (C=O) groups excluding carboxylic acids is 1. The van der Waals surface area contributed by atoms with Crippen molar-refractivity contribution in [2.75, 3.05) is 7.11 Å². The molecular formula is C15H14O6S. The lowest BCUT2D eigenvalue weighted by Gasteiger charge is -2.11. The molecule has 2 aromatic rings. The minimum Gasteiger partial charge on any atom is -0.508 e. The standard InChI is InChI=1S/C15H14O6S/c1-9-3-5-11(6-4-9)22(19,20)13-8-10(16)7-12(14(13)17)15(18)21-2/h3-8,16-17H,1-2H3. The van der Waals surface area contributed by atoms with Crippen LogP contribution in [0.25, 0.3) is 0 Å². The van der Waals surface area contributed by atoms with Gasteiger partial charge in [-0.25, -0.2) is 13.2 Å². The first kappa shape index (κ1) is 15.8. The second kappa shape index (κ2) is 5.69. The van der Waals surface area contributed by atoms with E-state index in [9.17, 15) is 23.4 Å². The van der Waals surface area contributed by atoms with Crippen LogP contribution in [0.4, 0.5) is 0 Å². The Labute approximate surface area is 127 Å². The van der Waals surface area contributed by atoms with Gasteiger partial charge in [-0.2, -0.15) is 0 Å². The number of rotatable bonds is 3. The monoisotopic (exact) mass is 322 g/mol. The number of hydrogen-bond donors (Lipinski definition) is 2. The Hall–Kier alpha value is -2.54. The lowest BCUT2D eigenvalue weighted by Crippen LogP contribution is -2.07. The Balaban J connectivity index is 2.68. The van der Waals surface area contributed by atoms with Gasteiger partial charge in [0, 0.05) is 6.07 Å². The van der Waals surface area contributed by atoms with Crippen LogP contribution in [0.1, 0.15) is 15.9 Å². The van der Waals surface area contributed by atoms with Gasteiger partial charge in [0.1, 0.15) is 22.0 Å². The number of sulfone groups is 1.